The van der Waals surface area contributed by atoms with Crippen molar-refractivity contribution in [2.45, 2.75) is 0 Å². The third kappa shape index (κ3) is 4.85. The normalized spacial score (nSPS) is 9.93. The molecule has 0 spiro atoms. The Hall–Kier alpha value is -3.53. The maximum Gasteiger partial charge on any atom is 2.00 e. The van der Waals surface area contributed by atoms with Crippen LogP contribution in [0.25, 0.3) is 21.5 Å². The topological polar surface area (TPSA) is 115 Å². The molecule has 0 saturated carbocycles. The Kier molecular flexibility index (Phi) is 6.84. The van der Waals surface area contributed by atoms with E-state index in [2.05, 4.69) is 12.1 Å². The molecule has 4 N–H and O–H groups in total. The molecule has 0 aliphatic carbocycles. The molecule has 0 amide bonds. The number of aromatic hydroxyl groups is 2. The van der Waals surface area contributed by atoms with E-state index < -0.39 is 11.9 Å². The van der Waals surface area contributed by atoms with Crippen molar-refractivity contribution in [1.29, 1.82) is 0 Å². The van der Waals surface area contributed by atoms with E-state index in [1.54, 1.807) is 48.5 Å². The van der Waals surface area contributed by atoms with Crippen LogP contribution in [0.2, 0.25) is 0 Å². The fraction of sp³-hybridized carbons (Fsp3) is 0. The van der Waals surface area contributed by atoms with Crippen molar-refractivity contribution in [3.8, 4) is 11.5 Å². The van der Waals surface area contributed by atoms with Gasteiger partial charge in [-0.3, -0.25) is 9.59 Å². The Morgan fingerprint density at radius 1 is 0.655 bits per heavy atom. The minimum atomic E-state index is -1.15. The second-order valence-electron chi connectivity index (χ2n) is 5.85. The summed E-state index contributed by atoms with van der Waals surface area (Å²) in [7, 11) is 0. The van der Waals surface area contributed by atoms with Crippen LogP contribution in [0.1, 0.15) is 20.7 Å². The molecule has 0 bridgehead atoms. The molecule has 0 fully saturated rings. The van der Waals surface area contributed by atoms with Gasteiger partial charge in [0.2, 0.25) is 0 Å². The van der Waals surface area contributed by atoms with Gasteiger partial charge in [0.15, 0.2) is 0 Å². The quantitative estimate of drug-likeness (QED) is 0.359. The standard InChI is InChI=1S/2C11H7O3.Cr/c2*12-10-6-8-4-2-1-3-7(8)5-9(10)11(13)14;/h2*1-5,12H,(H,13,14);/q2*-1;+2. The van der Waals surface area contributed by atoms with Crippen LogP contribution in [0.3, 0.4) is 0 Å². The molecule has 0 aromatic heterocycles. The van der Waals surface area contributed by atoms with Gasteiger partial charge in [-0.15, -0.1) is 57.9 Å². The summed E-state index contributed by atoms with van der Waals surface area (Å²) in [6.45, 7) is 0. The van der Waals surface area contributed by atoms with Crippen molar-refractivity contribution in [2.24, 2.45) is 0 Å². The van der Waals surface area contributed by atoms with E-state index in [-0.39, 0.29) is 40.0 Å². The zero-order valence-corrected chi connectivity index (χ0v) is 16.1. The molecule has 0 heterocycles. The van der Waals surface area contributed by atoms with Gasteiger partial charge in [-0.1, -0.05) is 36.4 Å². The van der Waals surface area contributed by atoms with Gasteiger partial charge in [0.1, 0.15) is 0 Å². The van der Waals surface area contributed by atoms with Crippen LogP contribution >= 0.6 is 0 Å². The molecule has 7 heteroatoms. The second-order valence-corrected chi connectivity index (χ2v) is 5.85. The van der Waals surface area contributed by atoms with Gasteiger partial charge in [-0.25, -0.2) is 0 Å². The van der Waals surface area contributed by atoms with Crippen LogP contribution in [-0.2, 0) is 17.4 Å². The maximum atomic E-state index is 10.7. The number of hydrogen-bond donors (Lipinski definition) is 4. The third-order valence-corrected chi connectivity index (χ3v) is 4.00. The number of carboxylic acid groups (broad SMARTS) is 2. The Morgan fingerprint density at radius 2 is 1.00 bits per heavy atom. The zero-order valence-electron chi connectivity index (χ0n) is 14.8. The van der Waals surface area contributed by atoms with Gasteiger partial charge in [0.25, 0.3) is 11.9 Å². The molecule has 4 aromatic carbocycles. The fourth-order valence-electron chi connectivity index (χ4n) is 2.64. The van der Waals surface area contributed by atoms with Crippen molar-refractivity contribution in [3.63, 3.8) is 0 Å². The van der Waals surface area contributed by atoms with E-state index in [4.69, 9.17) is 10.2 Å². The number of rotatable bonds is 2. The summed E-state index contributed by atoms with van der Waals surface area (Å²) in [5.74, 6) is -2.94. The Balaban J connectivity index is 0.000000200. The van der Waals surface area contributed by atoms with Crippen molar-refractivity contribution < 1.29 is 47.4 Å². The van der Waals surface area contributed by atoms with Crippen LogP contribution < -0.4 is 0 Å². The van der Waals surface area contributed by atoms with Crippen molar-refractivity contribution in [2.75, 3.05) is 0 Å². The molecule has 144 valence electrons. The summed E-state index contributed by atoms with van der Waals surface area (Å²) < 4.78 is 0. The molecule has 6 nitrogen and oxygen atoms in total. The van der Waals surface area contributed by atoms with Crippen LogP contribution in [0.4, 0.5) is 0 Å². The van der Waals surface area contributed by atoms with E-state index in [1.807, 2.05) is 0 Å². The fourth-order valence-corrected chi connectivity index (χ4v) is 2.64. The average Bonchev–Trinajstić information content (AvgIpc) is 2.67. The molecular weight excluding hydrogens is 412 g/mol. The molecule has 0 unspecified atom stereocenters. The third-order valence-electron chi connectivity index (χ3n) is 4.00. The minimum Gasteiger partial charge on any atom is -0.527 e. The van der Waals surface area contributed by atoms with Gasteiger partial charge < -0.3 is 20.4 Å². The first-order valence-electron chi connectivity index (χ1n) is 8.11. The van der Waals surface area contributed by atoms with Crippen molar-refractivity contribution in [3.05, 3.63) is 83.9 Å². The monoisotopic (exact) mass is 426 g/mol. The van der Waals surface area contributed by atoms with E-state index >= 15 is 0 Å². The van der Waals surface area contributed by atoms with Gasteiger partial charge in [0.05, 0.1) is 0 Å². The number of carboxylic acids is 2. The number of benzene rings is 4. The smallest absolute Gasteiger partial charge is 0.527 e. The minimum absolute atomic E-state index is 0. The van der Waals surface area contributed by atoms with Crippen LogP contribution in [-0.4, -0.2) is 32.4 Å². The molecule has 0 radical (unpaired) electrons. The summed E-state index contributed by atoms with van der Waals surface area (Å²) in [5, 5.41) is 39.1. The molecule has 0 saturated heterocycles. The van der Waals surface area contributed by atoms with Crippen LogP contribution in [0, 0.1) is 12.1 Å². The summed E-state index contributed by atoms with van der Waals surface area (Å²) in [4.78, 5) is 21.4. The first kappa shape index (κ1) is 21.8. The van der Waals surface area contributed by atoms with E-state index in [1.165, 1.54) is 12.1 Å². The van der Waals surface area contributed by atoms with E-state index in [0.29, 0.717) is 10.8 Å². The number of aromatic carboxylic acids is 2. The Labute approximate surface area is 176 Å². The summed E-state index contributed by atoms with van der Waals surface area (Å²) in [5.41, 5.74) is -0.243. The SMILES string of the molecule is O=C(O)c1cc2ccccc2[c-]c1O.O=C(O)c1cc2ccccc2[c-]c1O.[Cr+2]. The Morgan fingerprint density at radius 3 is 1.34 bits per heavy atom. The summed E-state index contributed by atoms with van der Waals surface area (Å²) in [6.07, 6.45) is 0. The Bertz CT molecular complexity index is 1110. The van der Waals surface area contributed by atoms with Gasteiger partial charge in [-0.05, 0) is 0 Å². The van der Waals surface area contributed by atoms with Gasteiger partial charge in [0, 0.05) is 22.6 Å². The second kappa shape index (κ2) is 9.11. The van der Waals surface area contributed by atoms with Gasteiger partial charge >= 0.3 is 17.4 Å². The largest absolute Gasteiger partial charge is 2.00 e. The first-order chi connectivity index (χ1) is 13.4. The number of carbonyl (C=O) groups is 2. The molecular formula is C22H14CrO6. The molecule has 29 heavy (non-hydrogen) atoms. The van der Waals surface area contributed by atoms with Crippen LogP contribution in [0.5, 0.6) is 11.5 Å². The van der Waals surface area contributed by atoms with E-state index in [0.717, 1.165) is 10.8 Å². The molecule has 4 aromatic rings. The molecule has 0 aliphatic heterocycles. The molecule has 4 rings (SSSR count). The number of hydrogen-bond acceptors (Lipinski definition) is 4. The van der Waals surface area contributed by atoms with Crippen molar-refractivity contribution in [1.82, 2.24) is 0 Å². The maximum absolute atomic E-state index is 10.7. The molecule has 0 aliphatic rings. The predicted octanol–water partition coefficient (Wildman–Crippen LogP) is 4.09. The van der Waals surface area contributed by atoms with Gasteiger partial charge in [-0.2, -0.15) is 0 Å². The van der Waals surface area contributed by atoms with E-state index in [9.17, 15) is 19.8 Å². The van der Waals surface area contributed by atoms with Crippen molar-refractivity contribution >= 4 is 33.5 Å². The molecule has 0 atom stereocenters. The number of phenols is 2. The first-order valence-corrected chi connectivity index (χ1v) is 8.11. The average molecular weight is 426 g/mol. The zero-order chi connectivity index (χ0) is 20.3. The summed E-state index contributed by atoms with van der Waals surface area (Å²) >= 11 is 0. The summed E-state index contributed by atoms with van der Waals surface area (Å²) in [6, 6.07) is 22.4. The predicted molar refractivity (Wildman–Crippen MR) is 103 cm³/mol. The van der Waals surface area contributed by atoms with Crippen LogP contribution in [0.15, 0.2) is 60.7 Å². The number of fused-ring (bicyclic) bond motifs is 2.